The molecule has 1 saturated heterocycles. The van der Waals surface area contributed by atoms with Gasteiger partial charge in [0.15, 0.2) is 5.65 Å². The highest BCUT2D eigenvalue weighted by Gasteiger charge is 2.25. The number of halogens is 2. The van der Waals surface area contributed by atoms with Gasteiger partial charge in [0.05, 0.1) is 24.0 Å². The van der Waals surface area contributed by atoms with Crippen LogP contribution in [0.4, 0.5) is 14.6 Å². The van der Waals surface area contributed by atoms with Crippen LogP contribution < -0.4 is 10.2 Å². The van der Waals surface area contributed by atoms with Crippen molar-refractivity contribution in [3.05, 3.63) is 65.6 Å². The molecule has 0 unspecified atom stereocenters. The van der Waals surface area contributed by atoms with Crippen molar-refractivity contribution in [2.24, 2.45) is 0 Å². The zero-order valence-electron chi connectivity index (χ0n) is 16.1. The number of benzene rings is 1. The summed E-state index contributed by atoms with van der Waals surface area (Å²) in [7, 11) is 0. The van der Waals surface area contributed by atoms with Crippen LogP contribution in [0.15, 0.2) is 42.7 Å². The first-order valence-corrected chi connectivity index (χ1v) is 9.62. The standard InChI is InChI=1S/C21H18F2N6O/c1-12(20-14(22)9-15-13(21(20)23)3-2-6-24-15)16-10-26-17-4-5-18(27-29(16)17)28-8-7-25-19(30)11-28/h2-6,9-10,12H,7-8,11H2,1H3,(H,25,30)/t12-/m0/s1. The van der Waals surface area contributed by atoms with Crippen molar-refractivity contribution in [2.75, 3.05) is 24.5 Å². The number of rotatable bonds is 3. The lowest BCUT2D eigenvalue weighted by molar-refractivity contribution is -0.120. The highest BCUT2D eigenvalue weighted by atomic mass is 19.1. The third-order valence-electron chi connectivity index (χ3n) is 5.45. The van der Waals surface area contributed by atoms with Gasteiger partial charge in [-0.3, -0.25) is 9.78 Å². The molecule has 0 bridgehead atoms. The van der Waals surface area contributed by atoms with E-state index in [4.69, 9.17) is 0 Å². The summed E-state index contributed by atoms with van der Waals surface area (Å²) < 4.78 is 31.6. The first-order valence-electron chi connectivity index (χ1n) is 9.62. The molecule has 0 saturated carbocycles. The van der Waals surface area contributed by atoms with Gasteiger partial charge in [-0.2, -0.15) is 0 Å². The van der Waals surface area contributed by atoms with E-state index in [1.165, 1.54) is 12.3 Å². The van der Waals surface area contributed by atoms with E-state index in [-0.39, 0.29) is 28.9 Å². The number of aromatic nitrogens is 4. The van der Waals surface area contributed by atoms with E-state index in [0.717, 1.165) is 0 Å². The predicted octanol–water partition coefficient (Wildman–Crippen LogP) is 2.64. The number of hydrogen-bond donors (Lipinski definition) is 1. The van der Waals surface area contributed by atoms with Crippen LogP contribution in [-0.4, -0.2) is 45.1 Å². The third-order valence-corrected chi connectivity index (χ3v) is 5.45. The number of pyridine rings is 1. The third kappa shape index (κ3) is 2.94. The quantitative estimate of drug-likeness (QED) is 0.564. The molecule has 1 fully saturated rings. The Morgan fingerprint density at radius 2 is 2.07 bits per heavy atom. The second-order valence-corrected chi connectivity index (χ2v) is 7.29. The minimum Gasteiger partial charge on any atom is -0.353 e. The summed E-state index contributed by atoms with van der Waals surface area (Å²) in [5, 5.41) is 7.65. The Bertz CT molecular complexity index is 1290. The first kappa shape index (κ1) is 18.4. The Hall–Kier alpha value is -3.62. The van der Waals surface area contributed by atoms with Gasteiger partial charge in [-0.15, -0.1) is 5.10 Å². The number of amides is 1. The average Bonchev–Trinajstić information content (AvgIpc) is 3.17. The predicted molar refractivity (Wildman–Crippen MR) is 107 cm³/mol. The lowest BCUT2D eigenvalue weighted by Crippen LogP contribution is -2.48. The van der Waals surface area contributed by atoms with Gasteiger partial charge < -0.3 is 10.2 Å². The molecule has 3 aromatic heterocycles. The van der Waals surface area contributed by atoms with Crippen molar-refractivity contribution >= 4 is 28.3 Å². The molecule has 30 heavy (non-hydrogen) atoms. The van der Waals surface area contributed by atoms with E-state index in [2.05, 4.69) is 20.4 Å². The number of carbonyl (C=O) groups is 1. The molecule has 5 rings (SSSR count). The number of nitrogens with zero attached hydrogens (tertiary/aromatic N) is 5. The summed E-state index contributed by atoms with van der Waals surface area (Å²) in [6.45, 7) is 3.09. The Kier molecular flexibility index (Phi) is 4.30. The maximum atomic E-state index is 15.2. The van der Waals surface area contributed by atoms with Crippen LogP contribution in [0.25, 0.3) is 16.6 Å². The first-order chi connectivity index (χ1) is 14.5. The second kappa shape index (κ2) is 7.01. The van der Waals surface area contributed by atoms with Crippen LogP contribution in [0.5, 0.6) is 0 Å². The minimum absolute atomic E-state index is 0.0538. The summed E-state index contributed by atoms with van der Waals surface area (Å²) in [6, 6.07) is 8.02. The molecule has 1 aliphatic heterocycles. The zero-order chi connectivity index (χ0) is 20.8. The van der Waals surface area contributed by atoms with E-state index >= 15 is 4.39 Å². The molecule has 7 nitrogen and oxygen atoms in total. The molecule has 0 aliphatic carbocycles. The molecule has 152 valence electrons. The molecule has 1 aliphatic rings. The molecule has 4 heterocycles. The van der Waals surface area contributed by atoms with Gasteiger partial charge in [0.2, 0.25) is 5.91 Å². The zero-order valence-corrected chi connectivity index (χ0v) is 16.1. The number of anilines is 1. The van der Waals surface area contributed by atoms with Crippen LogP contribution in [0, 0.1) is 11.6 Å². The van der Waals surface area contributed by atoms with E-state index < -0.39 is 17.6 Å². The van der Waals surface area contributed by atoms with Crippen molar-refractivity contribution in [2.45, 2.75) is 12.8 Å². The fourth-order valence-corrected chi connectivity index (χ4v) is 3.89. The largest absolute Gasteiger partial charge is 0.353 e. The van der Waals surface area contributed by atoms with Crippen LogP contribution in [0.3, 0.4) is 0 Å². The molecule has 1 N–H and O–H groups in total. The minimum atomic E-state index is -0.662. The van der Waals surface area contributed by atoms with E-state index in [1.54, 1.807) is 41.9 Å². The van der Waals surface area contributed by atoms with Gasteiger partial charge in [0.25, 0.3) is 0 Å². The maximum absolute atomic E-state index is 15.2. The Morgan fingerprint density at radius 3 is 2.90 bits per heavy atom. The van der Waals surface area contributed by atoms with Crippen molar-refractivity contribution in [1.82, 2.24) is 24.9 Å². The molecule has 0 spiro atoms. The molecule has 1 amide bonds. The molecule has 1 atom stereocenters. The van der Waals surface area contributed by atoms with Gasteiger partial charge in [-0.1, -0.05) is 6.92 Å². The molecule has 9 heteroatoms. The van der Waals surface area contributed by atoms with Crippen LogP contribution in [0.1, 0.15) is 24.1 Å². The Labute approximate surface area is 170 Å². The SMILES string of the molecule is C[C@H](c1c(F)cc2ncccc2c1F)c1cnc2ccc(N3CCNC(=O)C3)nn12. The van der Waals surface area contributed by atoms with Crippen molar-refractivity contribution in [1.29, 1.82) is 0 Å². The molecular formula is C21H18F2N6O. The van der Waals surface area contributed by atoms with E-state index in [9.17, 15) is 9.18 Å². The second-order valence-electron chi connectivity index (χ2n) is 7.29. The average molecular weight is 408 g/mol. The molecular weight excluding hydrogens is 390 g/mol. The van der Waals surface area contributed by atoms with Crippen molar-refractivity contribution < 1.29 is 13.6 Å². The normalized spacial score (nSPS) is 15.6. The number of nitrogens with one attached hydrogen (secondary N) is 1. The summed E-state index contributed by atoms with van der Waals surface area (Å²) >= 11 is 0. The molecule has 1 aromatic carbocycles. The van der Waals surface area contributed by atoms with Crippen molar-refractivity contribution in [3.63, 3.8) is 0 Å². The fourth-order valence-electron chi connectivity index (χ4n) is 3.89. The van der Waals surface area contributed by atoms with Crippen LogP contribution in [0.2, 0.25) is 0 Å². The maximum Gasteiger partial charge on any atom is 0.239 e. The van der Waals surface area contributed by atoms with Crippen LogP contribution >= 0.6 is 0 Å². The summed E-state index contributed by atoms with van der Waals surface area (Å²) in [5.74, 6) is -1.41. The number of imidazole rings is 1. The fraction of sp³-hybridized carbons (Fsp3) is 0.238. The van der Waals surface area contributed by atoms with E-state index in [1.807, 2.05) is 4.90 Å². The Balaban J connectivity index is 1.60. The smallest absolute Gasteiger partial charge is 0.239 e. The number of carbonyl (C=O) groups excluding carboxylic acids is 1. The molecule has 4 aromatic rings. The molecule has 0 radical (unpaired) electrons. The van der Waals surface area contributed by atoms with Gasteiger partial charge >= 0.3 is 0 Å². The monoisotopic (exact) mass is 408 g/mol. The topological polar surface area (TPSA) is 75.4 Å². The van der Waals surface area contributed by atoms with Gasteiger partial charge in [0.1, 0.15) is 17.5 Å². The highest BCUT2D eigenvalue weighted by Crippen LogP contribution is 2.32. The van der Waals surface area contributed by atoms with Gasteiger partial charge in [-0.25, -0.2) is 18.3 Å². The van der Waals surface area contributed by atoms with Crippen molar-refractivity contribution in [3.8, 4) is 0 Å². The number of piperazine rings is 1. The summed E-state index contributed by atoms with van der Waals surface area (Å²) in [5.41, 5.74) is 1.33. The summed E-state index contributed by atoms with van der Waals surface area (Å²) in [6.07, 6.45) is 3.08. The van der Waals surface area contributed by atoms with Gasteiger partial charge in [-0.05, 0) is 24.3 Å². The lowest BCUT2D eigenvalue weighted by Gasteiger charge is -2.27. The summed E-state index contributed by atoms with van der Waals surface area (Å²) in [4.78, 5) is 21.9. The van der Waals surface area contributed by atoms with E-state index in [0.29, 0.717) is 30.2 Å². The number of hydrogen-bond acceptors (Lipinski definition) is 5. The van der Waals surface area contributed by atoms with Crippen LogP contribution in [-0.2, 0) is 4.79 Å². The Morgan fingerprint density at radius 1 is 1.20 bits per heavy atom. The highest BCUT2D eigenvalue weighted by molar-refractivity contribution is 5.82. The van der Waals surface area contributed by atoms with Gasteiger partial charge in [0, 0.05) is 42.2 Å². The number of fused-ring (bicyclic) bond motifs is 2. The lowest BCUT2D eigenvalue weighted by atomic mass is 9.95.